The molecular formula is C26H32N2O7S. The molecule has 0 aliphatic carbocycles. The number of esters is 1. The summed E-state index contributed by atoms with van der Waals surface area (Å²) in [6.07, 6.45) is 0. The van der Waals surface area contributed by atoms with Crippen LogP contribution in [-0.2, 0) is 26.1 Å². The van der Waals surface area contributed by atoms with Gasteiger partial charge in [-0.05, 0) is 50.1 Å². The summed E-state index contributed by atoms with van der Waals surface area (Å²) in [4.78, 5) is 17.4. The molecular weight excluding hydrogens is 484 g/mol. The third-order valence-corrected chi connectivity index (χ3v) is 7.68. The summed E-state index contributed by atoms with van der Waals surface area (Å²) in [5.74, 6) is 0.753. The fourth-order valence-electron chi connectivity index (χ4n) is 3.84. The van der Waals surface area contributed by atoms with E-state index in [1.54, 1.807) is 58.2 Å². The highest BCUT2D eigenvalue weighted by Gasteiger charge is 2.39. The van der Waals surface area contributed by atoms with Gasteiger partial charge in [-0.15, -0.1) is 0 Å². The number of ether oxygens (including phenoxy) is 3. The average Bonchev–Trinajstić information content (AvgIpc) is 3.23. The quantitative estimate of drug-likeness (QED) is 0.366. The van der Waals surface area contributed by atoms with Crippen molar-refractivity contribution in [3.8, 4) is 23.0 Å². The van der Waals surface area contributed by atoms with Crippen LogP contribution in [0.4, 0.5) is 0 Å². The fourth-order valence-corrected chi connectivity index (χ4v) is 5.51. The van der Waals surface area contributed by atoms with E-state index in [4.69, 9.17) is 18.6 Å². The van der Waals surface area contributed by atoms with Crippen molar-refractivity contribution in [2.45, 2.75) is 45.2 Å². The van der Waals surface area contributed by atoms with Crippen molar-refractivity contribution < 1.29 is 31.8 Å². The number of aromatic nitrogens is 1. The largest absolute Gasteiger partial charge is 0.493 e. The highest BCUT2D eigenvalue weighted by Crippen LogP contribution is 2.33. The van der Waals surface area contributed by atoms with Crippen molar-refractivity contribution in [1.82, 2.24) is 9.29 Å². The zero-order valence-electron chi connectivity index (χ0n) is 21.6. The van der Waals surface area contributed by atoms with Gasteiger partial charge in [0.15, 0.2) is 11.5 Å². The fraction of sp³-hybridized carbons (Fsp3) is 0.385. The number of sulfonamides is 1. The standard InChI is InChI=1S/C26H32N2O7S/c1-16(2)24(26(29)34-7)28(36(30,31)20-11-8-17(3)9-12-20)15-21-18(4)35-25(27-21)19-10-13-22(32-5)23(14-19)33-6/h8-14,16,24H,15H2,1-7H3/t24-/m1/s1. The summed E-state index contributed by atoms with van der Waals surface area (Å²) in [5, 5.41) is 0. The predicted octanol–water partition coefficient (Wildman–Crippen LogP) is 4.36. The Morgan fingerprint density at radius 2 is 1.64 bits per heavy atom. The third-order valence-electron chi connectivity index (χ3n) is 5.84. The maximum absolute atomic E-state index is 13.8. The number of aryl methyl sites for hydroxylation is 2. The van der Waals surface area contributed by atoms with Crippen LogP contribution in [0.2, 0.25) is 0 Å². The van der Waals surface area contributed by atoms with Crippen LogP contribution in [0.1, 0.15) is 30.9 Å². The summed E-state index contributed by atoms with van der Waals surface area (Å²) in [6.45, 7) is 6.92. The lowest BCUT2D eigenvalue weighted by Gasteiger charge is -2.31. The molecule has 1 aromatic heterocycles. The summed E-state index contributed by atoms with van der Waals surface area (Å²) in [6, 6.07) is 10.6. The van der Waals surface area contributed by atoms with Gasteiger partial charge in [0, 0.05) is 5.56 Å². The minimum atomic E-state index is -4.09. The number of carbonyl (C=O) groups is 1. The van der Waals surface area contributed by atoms with Gasteiger partial charge >= 0.3 is 5.97 Å². The Hall–Kier alpha value is -3.37. The van der Waals surface area contributed by atoms with E-state index < -0.39 is 22.0 Å². The van der Waals surface area contributed by atoms with Gasteiger partial charge in [0.2, 0.25) is 15.9 Å². The topological polar surface area (TPSA) is 108 Å². The Balaban J connectivity index is 2.08. The number of nitrogens with zero attached hydrogens (tertiary/aromatic N) is 2. The molecule has 194 valence electrons. The van der Waals surface area contributed by atoms with Gasteiger partial charge in [-0.25, -0.2) is 13.4 Å². The number of methoxy groups -OCH3 is 3. The van der Waals surface area contributed by atoms with E-state index in [-0.39, 0.29) is 23.2 Å². The molecule has 0 bridgehead atoms. The third kappa shape index (κ3) is 5.55. The average molecular weight is 517 g/mol. The number of hydrogen-bond acceptors (Lipinski definition) is 8. The summed E-state index contributed by atoms with van der Waals surface area (Å²) >= 11 is 0. The smallest absolute Gasteiger partial charge is 0.324 e. The van der Waals surface area contributed by atoms with Crippen LogP contribution in [-0.4, -0.2) is 51.0 Å². The Morgan fingerprint density at radius 1 is 1.00 bits per heavy atom. The lowest BCUT2D eigenvalue weighted by atomic mass is 10.0. The van der Waals surface area contributed by atoms with E-state index in [1.807, 2.05) is 6.92 Å². The van der Waals surface area contributed by atoms with Crippen molar-refractivity contribution in [2.75, 3.05) is 21.3 Å². The number of hydrogen-bond donors (Lipinski definition) is 0. The van der Waals surface area contributed by atoms with Gasteiger partial charge in [0.25, 0.3) is 0 Å². The molecule has 1 heterocycles. The lowest BCUT2D eigenvalue weighted by Crippen LogP contribution is -2.48. The highest BCUT2D eigenvalue weighted by molar-refractivity contribution is 7.89. The molecule has 0 spiro atoms. The Labute approximate surface area is 212 Å². The number of rotatable bonds is 10. The van der Waals surface area contributed by atoms with Crippen molar-refractivity contribution in [2.24, 2.45) is 5.92 Å². The van der Waals surface area contributed by atoms with Crippen molar-refractivity contribution in [1.29, 1.82) is 0 Å². The van der Waals surface area contributed by atoms with Crippen LogP contribution in [0, 0.1) is 19.8 Å². The van der Waals surface area contributed by atoms with Crippen LogP contribution in [0.25, 0.3) is 11.5 Å². The monoisotopic (exact) mass is 516 g/mol. The molecule has 0 saturated heterocycles. The second kappa shape index (κ2) is 11.1. The van der Waals surface area contributed by atoms with Crippen LogP contribution in [0.15, 0.2) is 51.8 Å². The van der Waals surface area contributed by atoms with Gasteiger partial charge in [0.1, 0.15) is 11.8 Å². The second-order valence-electron chi connectivity index (χ2n) is 8.67. The van der Waals surface area contributed by atoms with E-state index in [1.165, 1.54) is 26.4 Å². The zero-order chi connectivity index (χ0) is 26.6. The molecule has 3 rings (SSSR count). The number of benzene rings is 2. The molecule has 3 aromatic rings. The first kappa shape index (κ1) is 27.2. The van der Waals surface area contributed by atoms with Gasteiger partial charge in [0.05, 0.1) is 38.5 Å². The summed E-state index contributed by atoms with van der Waals surface area (Å²) < 4.78 is 50.2. The lowest BCUT2D eigenvalue weighted by molar-refractivity contribution is -0.146. The first-order chi connectivity index (χ1) is 17.0. The van der Waals surface area contributed by atoms with Crippen molar-refractivity contribution in [3.05, 3.63) is 59.5 Å². The summed E-state index contributed by atoms with van der Waals surface area (Å²) in [7, 11) is 0.219. The van der Waals surface area contributed by atoms with Crippen LogP contribution in [0.5, 0.6) is 11.5 Å². The first-order valence-corrected chi connectivity index (χ1v) is 12.8. The molecule has 1 atom stereocenters. The predicted molar refractivity (Wildman–Crippen MR) is 134 cm³/mol. The molecule has 0 unspecified atom stereocenters. The van der Waals surface area contributed by atoms with Gasteiger partial charge in [-0.3, -0.25) is 4.79 Å². The normalized spacial score (nSPS) is 12.6. The molecule has 0 N–H and O–H groups in total. The molecule has 9 nitrogen and oxygen atoms in total. The molecule has 2 aromatic carbocycles. The molecule has 0 aliphatic rings. The van der Waals surface area contributed by atoms with Gasteiger partial charge in [-0.1, -0.05) is 31.5 Å². The van der Waals surface area contributed by atoms with E-state index >= 15 is 0 Å². The molecule has 0 fully saturated rings. The van der Waals surface area contributed by atoms with Crippen LogP contribution in [0.3, 0.4) is 0 Å². The van der Waals surface area contributed by atoms with E-state index in [0.717, 1.165) is 9.87 Å². The van der Waals surface area contributed by atoms with Crippen LogP contribution < -0.4 is 9.47 Å². The zero-order valence-corrected chi connectivity index (χ0v) is 22.4. The van der Waals surface area contributed by atoms with Crippen molar-refractivity contribution in [3.63, 3.8) is 0 Å². The molecule has 0 saturated carbocycles. The Kier molecular flexibility index (Phi) is 8.42. The molecule has 36 heavy (non-hydrogen) atoms. The maximum Gasteiger partial charge on any atom is 0.324 e. The van der Waals surface area contributed by atoms with Crippen molar-refractivity contribution >= 4 is 16.0 Å². The van der Waals surface area contributed by atoms with Crippen LogP contribution >= 0.6 is 0 Å². The number of carbonyl (C=O) groups excluding carboxylic acids is 1. The Morgan fingerprint density at radius 3 is 2.19 bits per heavy atom. The van der Waals surface area contributed by atoms with Gasteiger partial charge in [-0.2, -0.15) is 4.31 Å². The summed E-state index contributed by atoms with van der Waals surface area (Å²) in [5.41, 5.74) is 1.93. The van der Waals surface area contributed by atoms with E-state index in [0.29, 0.717) is 28.5 Å². The SMILES string of the molecule is COC(=O)[C@@H](C(C)C)N(Cc1nc(-c2ccc(OC)c(OC)c2)oc1C)S(=O)(=O)c1ccc(C)cc1. The highest BCUT2D eigenvalue weighted by atomic mass is 32.2. The molecule has 0 radical (unpaired) electrons. The van der Waals surface area contributed by atoms with Gasteiger partial charge < -0.3 is 18.6 Å². The minimum Gasteiger partial charge on any atom is -0.493 e. The molecule has 10 heteroatoms. The maximum atomic E-state index is 13.8. The second-order valence-corrected chi connectivity index (χ2v) is 10.6. The van der Waals surface area contributed by atoms with E-state index in [9.17, 15) is 13.2 Å². The molecule has 0 aliphatic heterocycles. The van der Waals surface area contributed by atoms with E-state index in [2.05, 4.69) is 4.98 Å². The molecule has 0 amide bonds. The minimum absolute atomic E-state index is 0.0731. The Bertz CT molecular complexity index is 1310. The first-order valence-electron chi connectivity index (χ1n) is 11.4. The number of oxazole rings is 1.